The Balaban J connectivity index is 0.00000578. The summed E-state index contributed by atoms with van der Waals surface area (Å²) in [6.07, 6.45) is 5.54. The summed E-state index contributed by atoms with van der Waals surface area (Å²) in [6, 6.07) is 16.1. The van der Waals surface area contributed by atoms with Crippen molar-refractivity contribution >= 4 is 11.9 Å². The van der Waals surface area contributed by atoms with Gasteiger partial charge in [-0.25, -0.2) is 0 Å². The lowest BCUT2D eigenvalue weighted by Crippen LogP contribution is -3.00. The summed E-state index contributed by atoms with van der Waals surface area (Å²) in [4.78, 5) is 25.8. The van der Waals surface area contributed by atoms with E-state index in [0.29, 0.717) is 112 Å². The molecule has 0 bridgehead atoms. The zero-order chi connectivity index (χ0) is 51.3. The number of ether oxygens (including phenoxy) is 12. The number of fused-ring (bicyclic) bond motifs is 2. The van der Waals surface area contributed by atoms with Gasteiger partial charge >= 0.3 is 11.9 Å². The average Bonchev–Trinajstić information content (AvgIpc) is 3.39. The maximum atomic E-state index is 12.9. The number of halogens is 2. The second-order valence-corrected chi connectivity index (χ2v) is 18.6. The van der Waals surface area contributed by atoms with Crippen molar-refractivity contribution in [2.75, 3.05) is 125 Å². The highest BCUT2D eigenvalue weighted by Crippen LogP contribution is 2.50. The maximum absolute atomic E-state index is 12.9. The van der Waals surface area contributed by atoms with Crippen LogP contribution >= 0.6 is 0 Å². The van der Waals surface area contributed by atoms with Crippen molar-refractivity contribution in [3.05, 3.63) is 81.9 Å². The van der Waals surface area contributed by atoms with Crippen LogP contribution in [0, 0.1) is 0 Å². The molecule has 0 saturated heterocycles. The number of esters is 2. The largest absolute Gasteiger partial charge is 1.00 e. The first-order valence-electron chi connectivity index (χ1n) is 24.4. The first kappa shape index (κ1) is 59.9. The van der Waals surface area contributed by atoms with E-state index in [4.69, 9.17) is 56.8 Å². The summed E-state index contributed by atoms with van der Waals surface area (Å²) in [7, 11) is 20.7. The summed E-state index contributed by atoms with van der Waals surface area (Å²) >= 11 is 0. The number of hydrogen-bond donors (Lipinski definition) is 0. The molecule has 73 heavy (non-hydrogen) atoms. The Hall–Kier alpha value is -5.68. The van der Waals surface area contributed by atoms with Gasteiger partial charge in [0.05, 0.1) is 125 Å². The zero-order valence-corrected chi connectivity index (χ0v) is 46.3. The van der Waals surface area contributed by atoms with Gasteiger partial charge in [-0.1, -0.05) is 6.42 Å². The van der Waals surface area contributed by atoms with Crippen LogP contribution in [0.1, 0.15) is 90.4 Å². The zero-order valence-electron chi connectivity index (χ0n) is 44.7. The van der Waals surface area contributed by atoms with E-state index in [9.17, 15) is 9.59 Å². The summed E-state index contributed by atoms with van der Waals surface area (Å²) in [6.45, 7) is 3.78. The molecule has 2 heterocycles. The van der Waals surface area contributed by atoms with Crippen molar-refractivity contribution in [3.8, 4) is 57.5 Å². The number of rotatable bonds is 26. The lowest BCUT2D eigenvalue weighted by molar-refractivity contribution is -0.935. The van der Waals surface area contributed by atoms with E-state index in [1.54, 1.807) is 71.1 Å². The minimum absolute atomic E-state index is 0. The number of carbonyl (C=O) groups is 2. The van der Waals surface area contributed by atoms with E-state index in [1.165, 1.54) is 11.1 Å². The summed E-state index contributed by atoms with van der Waals surface area (Å²) in [5, 5.41) is 0. The molecule has 0 fully saturated rings. The Kier molecular flexibility index (Phi) is 22.6. The Morgan fingerprint density at radius 2 is 0.740 bits per heavy atom. The molecule has 6 rings (SSSR count). The van der Waals surface area contributed by atoms with Gasteiger partial charge in [0.25, 0.3) is 0 Å². The van der Waals surface area contributed by atoms with Crippen LogP contribution in [0.15, 0.2) is 48.5 Å². The number of benzene rings is 4. The highest BCUT2D eigenvalue weighted by atomic mass is 35.5. The molecule has 0 saturated carbocycles. The number of hydrogen-bond acceptors (Lipinski definition) is 14. The van der Waals surface area contributed by atoms with E-state index in [1.807, 2.05) is 24.3 Å². The van der Waals surface area contributed by atoms with Gasteiger partial charge in [0.1, 0.15) is 12.1 Å². The molecule has 4 aromatic carbocycles. The first-order valence-corrected chi connectivity index (χ1v) is 24.4. The number of unbranched alkanes of at least 4 members (excludes halogenated alkanes) is 2. The fraction of sp³-hybridized carbons (Fsp3) is 0.527. The third-order valence-corrected chi connectivity index (χ3v) is 14.3. The van der Waals surface area contributed by atoms with Crippen LogP contribution in [0.25, 0.3) is 0 Å². The summed E-state index contributed by atoms with van der Waals surface area (Å²) in [5.41, 5.74) is 6.61. The Bertz CT molecular complexity index is 2260. The van der Waals surface area contributed by atoms with Gasteiger partial charge in [0.2, 0.25) is 11.5 Å². The lowest BCUT2D eigenvalue weighted by atomic mass is 9.85. The molecule has 0 amide bonds. The molecule has 2 aliphatic rings. The number of likely N-dealkylation sites (N-methyl/N-ethyl adjacent to an activating group) is 2. The summed E-state index contributed by atoms with van der Waals surface area (Å²) in [5.74, 6) is 5.56. The predicted octanol–water partition coefficient (Wildman–Crippen LogP) is 2.48. The SMILES string of the molecule is COc1cc2c(cc1OC)[C@@H](c1cc(OC)c(OC)c(OC)c1)[N@+](C)(CCCOC(=O)CCCCCC(=O)OCCC[N@@+]1(C)CCc3cc(OC)c(OC)cc3[C@@H]1c1cc(OC)c(OC)c(OC)c1)CC2.[Cl-].[Cl-]. The van der Waals surface area contributed by atoms with Gasteiger partial charge in [-0.2, -0.15) is 0 Å². The van der Waals surface area contributed by atoms with Gasteiger partial charge in [0.15, 0.2) is 46.0 Å². The van der Waals surface area contributed by atoms with Crippen LogP contribution in [0.4, 0.5) is 0 Å². The molecule has 404 valence electrons. The van der Waals surface area contributed by atoms with Crippen molar-refractivity contribution in [1.29, 1.82) is 0 Å². The van der Waals surface area contributed by atoms with Gasteiger partial charge in [-0.15, -0.1) is 0 Å². The monoisotopic (exact) mass is 1060 g/mol. The Labute approximate surface area is 444 Å². The van der Waals surface area contributed by atoms with Crippen LogP contribution in [0.2, 0.25) is 0 Å². The van der Waals surface area contributed by atoms with Gasteiger partial charge in [-0.3, -0.25) is 9.59 Å². The fourth-order valence-electron chi connectivity index (χ4n) is 10.7. The molecule has 0 aliphatic carbocycles. The molecule has 16 nitrogen and oxygen atoms in total. The molecule has 2 aliphatic heterocycles. The highest BCUT2D eigenvalue weighted by molar-refractivity contribution is 5.70. The smallest absolute Gasteiger partial charge is 0.305 e. The minimum atomic E-state index is -0.239. The highest BCUT2D eigenvalue weighted by Gasteiger charge is 2.43. The van der Waals surface area contributed by atoms with Crippen molar-refractivity contribution in [2.45, 2.75) is 69.9 Å². The molecule has 0 spiro atoms. The normalized spacial score (nSPS) is 18.5. The number of carbonyl (C=O) groups excluding carboxylic acids is 2. The van der Waals surface area contributed by atoms with E-state index in [-0.39, 0.29) is 61.7 Å². The van der Waals surface area contributed by atoms with Crippen LogP contribution in [-0.4, -0.2) is 145 Å². The van der Waals surface area contributed by atoms with Crippen LogP contribution < -0.4 is 72.2 Å². The maximum Gasteiger partial charge on any atom is 0.305 e. The predicted molar refractivity (Wildman–Crippen MR) is 268 cm³/mol. The van der Waals surface area contributed by atoms with Crippen molar-refractivity contribution in [1.82, 2.24) is 0 Å². The van der Waals surface area contributed by atoms with E-state index in [2.05, 4.69) is 38.4 Å². The molecule has 0 radical (unpaired) electrons. The molecule has 0 N–H and O–H groups in total. The standard InChI is InChI=1S/C55H76N2O14.2ClH/c1-56(24-20-36-28-42(60-3)44(62-5)34-40(36)52(56)38-30-46(64-7)54(68-11)47(31-38)65-8)22-16-26-70-50(58)18-14-13-15-19-51(59)71-27-17-23-57(2)25-21-37-29-43(61-4)45(63-6)35-41(37)53(57)39-32-48(66-9)55(69-12)49(33-39)67-10;;/h28-35,52-53H,13-27H2,1-12H3;2*1H/q+2;;/p-2/t52-,53+,56-,57+;;. The van der Waals surface area contributed by atoms with E-state index < -0.39 is 0 Å². The topological polar surface area (TPSA) is 145 Å². The van der Waals surface area contributed by atoms with Gasteiger partial charge in [-0.05, 0) is 72.5 Å². The van der Waals surface area contributed by atoms with Gasteiger partial charge in [0, 0.05) is 60.8 Å². The second kappa shape index (κ2) is 27.6. The van der Waals surface area contributed by atoms with Crippen LogP contribution in [0.3, 0.4) is 0 Å². The lowest BCUT2D eigenvalue weighted by Gasteiger charge is -2.46. The molecule has 18 heteroatoms. The van der Waals surface area contributed by atoms with Crippen molar-refractivity contribution < 1.29 is 100 Å². The van der Waals surface area contributed by atoms with Gasteiger partial charge < -0.3 is 90.6 Å². The second-order valence-electron chi connectivity index (χ2n) is 18.6. The number of quaternary nitrogens is 2. The van der Waals surface area contributed by atoms with E-state index in [0.717, 1.165) is 61.3 Å². The molecule has 4 aromatic rings. The fourth-order valence-corrected chi connectivity index (χ4v) is 10.7. The minimum Gasteiger partial charge on any atom is -1.00 e. The Morgan fingerprint density at radius 1 is 0.425 bits per heavy atom. The molecular weight excluding hydrogens is 984 g/mol. The quantitative estimate of drug-likeness (QED) is 0.0516. The third kappa shape index (κ3) is 13.5. The van der Waals surface area contributed by atoms with Crippen LogP contribution in [0.5, 0.6) is 57.5 Å². The number of nitrogens with zero attached hydrogens (tertiary/aromatic N) is 2. The summed E-state index contributed by atoms with van der Waals surface area (Å²) < 4.78 is 70.1. The average molecular weight is 1060 g/mol. The number of methoxy groups -OCH3 is 10. The first-order chi connectivity index (χ1) is 34.3. The molecule has 4 atom stereocenters. The Morgan fingerprint density at radius 3 is 1.04 bits per heavy atom. The van der Waals surface area contributed by atoms with Crippen molar-refractivity contribution in [2.24, 2.45) is 0 Å². The van der Waals surface area contributed by atoms with E-state index >= 15 is 0 Å². The van der Waals surface area contributed by atoms with Crippen LogP contribution in [-0.2, 0) is 31.9 Å². The molecule has 0 aromatic heterocycles. The van der Waals surface area contributed by atoms with Crippen molar-refractivity contribution in [3.63, 3.8) is 0 Å². The molecule has 0 unspecified atom stereocenters. The third-order valence-electron chi connectivity index (χ3n) is 14.3. The molecular formula is C55H76Cl2N2O14.